The number of carboxylic acids is 2. The van der Waals surface area contributed by atoms with Crippen LogP contribution in [-0.4, -0.2) is 185 Å². The summed E-state index contributed by atoms with van der Waals surface area (Å²) in [5.41, 5.74) is 6.44. The number of unbranched alkanes of at least 4 members (excludes halogenated alkanes) is 1. The molecular formula is C78H84ClF3N20O17S. The van der Waals surface area contributed by atoms with Crippen molar-refractivity contribution in [1.82, 2.24) is 92.6 Å². The Hall–Kier alpha value is -13.9. The van der Waals surface area contributed by atoms with E-state index in [1.165, 1.54) is 89.1 Å². The number of esters is 4. The van der Waals surface area contributed by atoms with E-state index in [9.17, 15) is 51.8 Å². The summed E-state index contributed by atoms with van der Waals surface area (Å²) in [4.78, 5) is 111. The summed E-state index contributed by atoms with van der Waals surface area (Å²) in [6, 6.07) is 4.73. The SMILES string of the molecule is CCCCOC(=O)c1ncnn2cc(OC(=O)C(C)(C)C)c(C)c12.COC(=O)c1ncnn2cc(OC)c(C)c12.COc1cn2ncnc(C(=O)CC(C)c3cnc(Nc4ccc(C(F)(F)F)cc4)s3)c2c1C.COc1cn2ncnc(C(=O)O)c2c1C.Cc1c(O)cn2ncnc(C(=O)O)c12.Cc1c(OC(=O)C(C)(C)C)cn2ncnc(Cl)c12. The summed E-state index contributed by atoms with van der Waals surface area (Å²) in [7, 11) is 5.96. The van der Waals surface area contributed by atoms with E-state index in [-0.39, 0.29) is 58.6 Å². The van der Waals surface area contributed by atoms with Crippen molar-refractivity contribution in [3.8, 4) is 34.5 Å². The van der Waals surface area contributed by atoms with Crippen LogP contribution in [-0.2, 0) is 25.2 Å². The average Bonchev–Trinajstić information content (AvgIpc) is 1.68. The van der Waals surface area contributed by atoms with E-state index in [0.29, 0.717) is 101 Å². The molecule has 37 nitrogen and oxygen atoms in total. The van der Waals surface area contributed by atoms with E-state index < -0.39 is 46.4 Å². The third-order valence-corrected chi connectivity index (χ3v) is 19.3. The zero-order valence-corrected chi connectivity index (χ0v) is 69.8. The standard InChI is InChI=1S/C22H20F3N5O2S.C17H23N3O4.C12H14ClN3O2.C10H11N3O3.C9H9N3O3.C8H7N3O3/c1-12(8-16(31)19-20-13(2)17(32-3)10-30(20)28-11-27-19)18-9-26-21(33-18)29-15-6-4-14(5-7-15)22(23,24)25;1-6-7-8-23-15(21)13-14-11(2)12(9-20(14)19-10-18-13)24-16(22)17(3,4)5;1-7-8(18-11(17)12(2,3)4)5-16-9(7)10(13)14-6-15-16;1-6-7(15-2)4-13-9(6)8(10(14)16-3)11-5-12-13;1-5-6(15-2)3-12-8(5)7(9(13)14)10-4-11-12;1-4-5(12)2-11-7(4)6(8(13)14)9-3-10-11/h4-7,9-12H,8H2,1-3H3,(H,26,29);9-10H,6-8H2,1-5H3;5-6H,1-4H3;4-5H,1-3H3;3-4H,1-2H3,(H,13,14);2-3,12H,1H3,(H,13,14). The summed E-state index contributed by atoms with van der Waals surface area (Å²) in [6.07, 6.45) is 16.4. The number of hydrogen-bond donors (Lipinski definition) is 4. The predicted molar refractivity (Wildman–Crippen MR) is 428 cm³/mol. The van der Waals surface area contributed by atoms with Gasteiger partial charge in [-0.3, -0.25) is 14.4 Å². The predicted octanol–water partition coefficient (Wildman–Crippen LogP) is 13.2. The summed E-state index contributed by atoms with van der Waals surface area (Å²) < 4.78 is 83.3. The molecule has 0 saturated heterocycles. The molecule has 13 aromatic heterocycles. The highest BCUT2D eigenvalue weighted by atomic mass is 35.5. The lowest BCUT2D eigenvalue weighted by molar-refractivity contribution is -0.143. The molecule has 4 N–H and O–H groups in total. The van der Waals surface area contributed by atoms with Crippen LogP contribution in [0.25, 0.3) is 33.1 Å². The minimum Gasteiger partial charge on any atom is -0.506 e. The number of alkyl halides is 3. The molecule has 0 fully saturated rings. The number of carboxylic acid groups (broad SMARTS) is 2. The number of nitrogens with zero attached hydrogens (tertiary/aromatic N) is 19. The molecule has 13 heterocycles. The van der Waals surface area contributed by atoms with Crippen molar-refractivity contribution in [1.29, 1.82) is 0 Å². The number of carbonyl (C=O) groups excluding carboxylic acids is 5. The molecule has 1 aromatic carbocycles. The van der Waals surface area contributed by atoms with Crippen LogP contribution >= 0.6 is 22.9 Å². The van der Waals surface area contributed by atoms with E-state index >= 15 is 0 Å². The Balaban J connectivity index is 0.000000169. The number of aryl methyl sites for hydroxylation is 6. The maximum absolute atomic E-state index is 13.0. The van der Waals surface area contributed by atoms with Crippen LogP contribution in [0.4, 0.5) is 24.0 Å². The first kappa shape index (κ1) is 90.1. The Labute approximate surface area is 690 Å². The van der Waals surface area contributed by atoms with Crippen LogP contribution in [0.1, 0.15) is 177 Å². The number of rotatable bonds is 18. The molecule has 42 heteroatoms. The van der Waals surface area contributed by atoms with E-state index in [1.54, 1.807) is 127 Å². The van der Waals surface area contributed by atoms with Gasteiger partial charge < -0.3 is 53.8 Å². The van der Waals surface area contributed by atoms with Crippen molar-refractivity contribution in [3.05, 3.63) is 183 Å². The molecule has 0 amide bonds. The second kappa shape index (κ2) is 38.0. The number of hydrogen-bond acceptors (Lipinski definition) is 30. The molecule has 14 rings (SSSR count). The van der Waals surface area contributed by atoms with Gasteiger partial charge in [-0.05, 0) is 120 Å². The van der Waals surface area contributed by atoms with Crippen LogP contribution in [0.15, 0.2) is 106 Å². The highest BCUT2D eigenvalue weighted by Gasteiger charge is 2.32. The molecule has 0 spiro atoms. The molecule has 14 aromatic rings. The second-order valence-electron chi connectivity index (χ2n) is 28.4. The Bertz CT molecular complexity index is 6140. The minimum absolute atomic E-state index is 0.00741. The van der Waals surface area contributed by atoms with Gasteiger partial charge in [-0.15, -0.1) is 11.3 Å². The molecule has 0 saturated carbocycles. The van der Waals surface area contributed by atoms with E-state index in [2.05, 4.69) is 75.5 Å². The molecule has 0 aliphatic carbocycles. The number of thiazole rings is 1. The lowest BCUT2D eigenvalue weighted by Gasteiger charge is -2.15. The Kier molecular flexibility index (Phi) is 28.5. The van der Waals surface area contributed by atoms with Crippen LogP contribution < -0.4 is 29.0 Å². The second-order valence-corrected chi connectivity index (χ2v) is 29.8. The van der Waals surface area contributed by atoms with Gasteiger partial charge in [0.25, 0.3) is 0 Å². The number of anilines is 2. The maximum atomic E-state index is 13.0. The summed E-state index contributed by atoms with van der Waals surface area (Å²) >= 11 is 7.33. The highest BCUT2D eigenvalue weighted by molar-refractivity contribution is 7.15. The summed E-state index contributed by atoms with van der Waals surface area (Å²) in [5, 5.41) is 55.0. The van der Waals surface area contributed by atoms with Crippen molar-refractivity contribution in [2.45, 2.75) is 128 Å². The number of benzene rings is 1. The van der Waals surface area contributed by atoms with Crippen molar-refractivity contribution in [2.24, 2.45) is 10.8 Å². The van der Waals surface area contributed by atoms with Gasteiger partial charge in [-0.1, -0.05) is 31.9 Å². The van der Waals surface area contributed by atoms with Crippen LogP contribution in [0.3, 0.4) is 0 Å². The van der Waals surface area contributed by atoms with Crippen LogP contribution in [0.2, 0.25) is 5.15 Å². The normalized spacial score (nSPS) is 11.5. The topological polar surface area (TPSA) is 451 Å². The molecule has 120 heavy (non-hydrogen) atoms. The van der Waals surface area contributed by atoms with Gasteiger partial charge in [0.05, 0.1) is 88.6 Å². The van der Waals surface area contributed by atoms with Gasteiger partial charge >= 0.3 is 42.0 Å². The largest absolute Gasteiger partial charge is 0.506 e. The van der Waals surface area contributed by atoms with Crippen LogP contribution in [0, 0.1) is 52.4 Å². The number of fused-ring (bicyclic) bond motifs is 6. The number of aromatic nitrogens is 19. The Morgan fingerprint density at radius 2 is 0.867 bits per heavy atom. The number of methoxy groups -OCH3 is 4. The van der Waals surface area contributed by atoms with Crippen molar-refractivity contribution in [3.63, 3.8) is 0 Å². The maximum Gasteiger partial charge on any atom is 0.416 e. The zero-order valence-electron chi connectivity index (χ0n) is 68.2. The van der Waals surface area contributed by atoms with Crippen LogP contribution in [0.5, 0.6) is 34.5 Å². The molecule has 632 valence electrons. The first-order valence-corrected chi connectivity index (χ1v) is 37.4. The van der Waals surface area contributed by atoms with E-state index in [4.69, 9.17) is 50.2 Å². The van der Waals surface area contributed by atoms with Gasteiger partial charge in [0.2, 0.25) is 0 Å². The number of aromatic carboxylic acids is 2. The molecule has 0 radical (unpaired) electrons. The molecule has 1 atom stereocenters. The first-order chi connectivity index (χ1) is 56.7. The number of halogens is 4. The van der Waals surface area contributed by atoms with Gasteiger partial charge in [-0.25, -0.2) is 81.2 Å². The number of Topliss-reactive ketones (excluding diaryl/α,β-unsaturated/α-hetero) is 1. The number of nitrogens with one attached hydrogen (secondary N) is 1. The lowest BCUT2D eigenvalue weighted by atomic mass is 9.97. The third-order valence-electron chi connectivity index (χ3n) is 17.9. The highest BCUT2D eigenvalue weighted by Crippen LogP contribution is 2.37. The van der Waals surface area contributed by atoms with Gasteiger partial charge in [0.15, 0.2) is 50.3 Å². The Morgan fingerprint density at radius 3 is 1.27 bits per heavy atom. The fraction of sp³-hybridized carbons (Fsp3) is 0.333. The van der Waals surface area contributed by atoms with Gasteiger partial charge in [0, 0.05) is 56.6 Å². The third kappa shape index (κ3) is 20.6. The van der Waals surface area contributed by atoms with Crippen molar-refractivity contribution >= 4 is 108 Å². The fourth-order valence-electron chi connectivity index (χ4n) is 11.3. The van der Waals surface area contributed by atoms with Gasteiger partial charge in [0.1, 0.15) is 99.8 Å². The van der Waals surface area contributed by atoms with Crippen molar-refractivity contribution in [2.75, 3.05) is 40.4 Å². The number of ether oxygens (including phenoxy) is 7. The van der Waals surface area contributed by atoms with E-state index in [0.717, 1.165) is 58.4 Å². The first-order valence-electron chi connectivity index (χ1n) is 36.2. The summed E-state index contributed by atoms with van der Waals surface area (Å²) in [6.45, 7) is 25.6. The smallest absolute Gasteiger partial charge is 0.416 e. The van der Waals surface area contributed by atoms with Gasteiger partial charge in [-0.2, -0.15) is 43.8 Å². The summed E-state index contributed by atoms with van der Waals surface area (Å²) in [5.74, 6) is -1.44. The molecule has 0 bridgehead atoms. The lowest BCUT2D eigenvalue weighted by Crippen LogP contribution is -2.25. The molecule has 0 aliphatic rings. The van der Waals surface area contributed by atoms with Crippen molar-refractivity contribution < 1.29 is 95.2 Å². The zero-order chi connectivity index (χ0) is 88.2. The number of aromatic hydroxyl groups is 1. The minimum atomic E-state index is -4.38. The average molecular weight is 1700 g/mol. The molecular weight excluding hydrogens is 1610 g/mol. The number of ketones is 1. The van der Waals surface area contributed by atoms with E-state index in [1.807, 2.05) is 34.6 Å². The fourth-order valence-corrected chi connectivity index (χ4v) is 12.5. The molecule has 1 unspecified atom stereocenters. The monoisotopic (exact) mass is 1700 g/mol. The Morgan fingerprint density at radius 1 is 0.500 bits per heavy atom. The molecule has 0 aliphatic heterocycles. The quantitative estimate of drug-likeness (QED) is 0.0352. The number of carbonyl (C=O) groups is 7.